The Morgan fingerprint density at radius 2 is 1.11 bits per heavy atom. The highest BCUT2D eigenvalue weighted by Gasteiger charge is 2.35. The molecule has 0 unspecified atom stereocenters. The molecule has 1 heterocycles. The van der Waals surface area contributed by atoms with Crippen LogP contribution in [0, 0.1) is 0 Å². The molecule has 3 heteroatoms. The number of benzene rings is 2. The van der Waals surface area contributed by atoms with Crippen molar-refractivity contribution < 1.29 is 9.78 Å². The Hall–Kier alpha value is -1.68. The smallest absolute Gasteiger partial charge is 0.174 e. The fraction of sp³-hybridized carbons (Fsp3) is 0.200. The topological polar surface area (TPSA) is 21.7 Å². The standard InChI is InChI=1S/C15H15NO2/c1-16-14(12-8-4-2-5-9-12)17-18-15(16)13-10-6-3-7-11-13/h2-11,14-15H,1H3/t14-,15-/m1/s1. The van der Waals surface area contributed by atoms with Gasteiger partial charge in [-0.25, -0.2) is 14.7 Å². The Kier molecular flexibility index (Phi) is 3.11. The average molecular weight is 241 g/mol. The fourth-order valence-corrected chi connectivity index (χ4v) is 2.18. The predicted octanol–water partition coefficient (Wildman–Crippen LogP) is 3.28. The van der Waals surface area contributed by atoms with E-state index in [-0.39, 0.29) is 12.5 Å². The Labute approximate surface area is 106 Å². The molecule has 0 spiro atoms. The van der Waals surface area contributed by atoms with E-state index in [4.69, 9.17) is 9.78 Å². The quantitative estimate of drug-likeness (QED) is 0.753. The van der Waals surface area contributed by atoms with E-state index in [0.29, 0.717) is 0 Å². The maximum atomic E-state index is 5.44. The summed E-state index contributed by atoms with van der Waals surface area (Å²) >= 11 is 0. The van der Waals surface area contributed by atoms with Crippen LogP contribution in [0.4, 0.5) is 0 Å². The molecular formula is C15H15NO2. The second kappa shape index (κ2) is 4.90. The van der Waals surface area contributed by atoms with E-state index < -0.39 is 0 Å². The third-order valence-electron chi connectivity index (χ3n) is 3.15. The fourth-order valence-electron chi connectivity index (χ4n) is 2.18. The van der Waals surface area contributed by atoms with E-state index in [0.717, 1.165) is 11.1 Å². The van der Waals surface area contributed by atoms with Gasteiger partial charge in [0.05, 0.1) is 0 Å². The molecule has 2 aromatic carbocycles. The van der Waals surface area contributed by atoms with Crippen LogP contribution < -0.4 is 0 Å². The summed E-state index contributed by atoms with van der Waals surface area (Å²) in [5.74, 6) is 0. The highest BCUT2D eigenvalue weighted by atomic mass is 17.2. The van der Waals surface area contributed by atoms with Crippen LogP contribution in [-0.4, -0.2) is 11.9 Å². The van der Waals surface area contributed by atoms with Crippen LogP contribution in [0.5, 0.6) is 0 Å². The van der Waals surface area contributed by atoms with Gasteiger partial charge in [0.2, 0.25) is 0 Å². The molecule has 0 N–H and O–H groups in total. The summed E-state index contributed by atoms with van der Waals surface area (Å²) in [7, 11) is 2.00. The second-order valence-electron chi connectivity index (χ2n) is 4.38. The molecular weight excluding hydrogens is 226 g/mol. The molecule has 1 aliphatic rings. The lowest BCUT2D eigenvalue weighted by atomic mass is 10.1. The molecule has 1 saturated heterocycles. The first-order valence-electron chi connectivity index (χ1n) is 6.00. The Bertz CT molecular complexity index is 453. The van der Waals surface area contributed by atoms with E-state index in [9.17, 15) is 0 Å². The minimum Gasteiger partial charge on any atom is -0.242 e. The van der Waals surface area contributed by atoms with Crippen molar-refractivity contribution in [2.45, 2.75) is 12.5 Å². The Morgan fingerprint density at radius 1 is 0.722 bits per heavy atom. The molecule has 0 saturated carbocycles. The summed E-state index contributed by atoms with van der Waals surface area (Å²) in [6.07, 6.45) is -0.312. The summed E-state index contributed by atoms with van der Waals surface area (Å²) in [6, 6.07) is 20.2. The molecule has 1 fully saturated rings. The number of nitrogens with zero attached hydrogens (tertiary/aromatic N) is 1. The minimum absolute atomic E-state index is 0.156. The molecule has 3 rings (SSSR count). The number of hydrogen-bond acceptors (Lipinski definition) is 3. The molecule has 18 heavy (non-hydrogen) atoms. The van der Waals surface area contributed by atoms with E-state index >= 15 is 0 Å². The van der Waals surface area contributed by atoms with Gasteiger partial charge in [-0.1, -0.05) is 60.7 Å². The van der Waals surface area contributed by atoms with E-state index in [1.165, 1.54) is 0 Å². The first kappa shape index (κ1) is 11.4. The van der Waals surface area contributed by atoms with Gasteiger partial charge >= 0.3 is 0 Å². The molecule has 0 bridgehead atoms. The van der Waals surface area contributed by atoms with Gasteiger partial charge in [0, 0.05) is 0 Å². The van der Waals surface area contributed by atoms with Gasteiger partial charge in [-0.3, -0.25) is 0 Å². The first-order chi connectivity index (χ1) is 8.86. The number of rotatable bonds is 2. The molecule has 0 aliphatic carbocycles. The summed E-state index contributed by atoms with van der Waals surface area (Å²) in [6.45, 7) is 0. The van der Waals surface area contributed by atoms with Crippen molar-refractivity contribution in [2.75, 3.05) is 7.05 Å². The summed E-state index contributed by atoms with van der Waals surface area (Å²) in [4.78, 5) is 13.0. The SMILES string of the molecule is CN1[C@@H](c2ccccc2)OO[C@@H]1c1ccccc1. The van der Waals surface area contributed by atoms with Crippen LogP contribution in [-0.2, 0) is 9.78 Å². The third-order valence-corrected chi connectivity index (χ3v) is 3.15. The monoisotopic (exact) mass is 241 g/mol. The van der Waals surface area contributed by atoms with Crippen LogP contribution >= 0.6 is 0 Å². The van der Waals surface area contributed by atoms with Crippen molar-refractivity contribution in [2.24, 2.45) is 0 Å². The van der Waals surface area contributed by atoms with Crippen LogP contribution in [0.25, 0.3) is 0 Å². The molecule has 2 atom stereocenters. The summed E-state index contributed by atoms with van der Waals surface area (Å²) in [5.41, 5.74) is 2.19. The van der Waals surface area contributed by atoms with Crippen molar-refractivity contribution in [1.82, 2.24) is 4.90 Å². The predicted molar refractivity (Wildman–Crippen MR) is 68.3 cm³/mol. The van der Waals surface area contributed by atoms with Gasteiger partial charge in [-0.2, -0.15) is 0 Å². The first-order valence-corrected chi connectivity index (χ1v) is 6.00. The van der Waals surface area contributed by atoms with Crippen LogP contribution in [0.3, 0.4) is 0 Å². The second-order valence-corrected chi connectivity index (χ2v) is 4.38. The summed E-state index contributed by atoms with van der Waals surface area (Å²) in [5, 5.41) is 0. The van der Waals surface area contributed by atoms with E-state index in [1.807, 2.05) is 67.7 Å². The van der Waals surface area contributed by atoms with Gasteiger partial charge < -0.3 is 0 Å². The van der Waals surface area contributed by atoms with E-state index in [2.05, 4.69) is 4.90 Å². The van der Waals surface area contributed by atoms with Crippen LogP contribution in [0.1, 0.15) is 23.6 Å². The third kappa shape index (κ3) is 2.04. The lowest BCUT2D eigenvalue weighted by Crippen LogP contribution is -2.22. The molecule has 1 aliphatic heterocycles. The lowest BCUT2D eigenvalue weighted by molar-refractivity contribution is -0.300. The molecule has 92 valence electrons. The Balaban J connectivity index is 1.83. The Morgan fingerprint density at radius 3 is 1.50 bits per heavy atom. The zero-order chi connectivity index (χ0) is 12.4. The normalized spacial score (nSPS) is 24.3. The lowest BCUT2D eigenvalue weighted by Gasteiger charge is -2.20. The van der Waals surface area contributed by atoms with E-state index in [1.54, 1.807) is 0 Å². The van der Waals surface area contributed by atoms with Crippen molar-refractivity contribution in [3.63, 3.8) is 0 Å². The molecule has 3 nitrogen and oxygen atoms in total. The van der Waals surface area contributed by atoms with Crippen molar-refractivity contribution in [3.8, 4) is 0 Å². The maximum absolute atomic E-state index is 5.44. The van der Waals surface area contributed by atoms with Crippen molar-refractivity contribution >= 4 is 0 Å². The van der Waals surface area contributed by atoms with Crippen molar-refractivity contribution in [1.29, 1.82) is 0 Å². The van der Waals surface area contributed by atoms with Crippen LogP contribution in [0.2, 0.25) is 0 Å². The zero-order valence-corrected chi connectivity index (χ0v) is 10.2. The molecule has 0 amide bonds. The van der Waals surface area contributed by atoms with Gasteiger partial charge in [0.15, 0.2) is 12.5 Å². The van der Waals surface area contributed by atoms with Crippen LogP contribution in [0.15, 0.2) is 60.7 Å². The maximum Gasteiger partial charge on any atom is 0.174 e. The number of hydrogen-bond donors (Lipinski definition) is 0. The summed E-state index contributed by atoms with van der Waals surface area (Å²) < 4.78 is 0. The van der Waals surface area contributed by atoms with Crippen molar-refractivity contribution in [3.05, 3.63) is 71.8 Å². The minimum atomic E-state index is -0.156. The van der Waals surface area contributed by atoms with Gasteiger partial charge in [-0.05, 0) is 18.2 Å². The largest absolute Gasteiger partial charge is 0.242 e. The highest BCUT2D eigenvalue weighted by Crippen LogP contribution is 2.37. The molecule has 0 radical (unpaired) electrons. The zero-order valence-electron chi connectivity index (χ0n) is 10.2. The van der Waals surface area contributed by atoms with Gasteiger partial charge in [0.25, 0.3) is 0 Å². The van der Waals surface area contributed by atoms with Gasteiger partial charge in [0.1, 0.15) is 0 Å². The molecule has 0 aromatic heterocycles. The highest BCUT2D eigenvalue weighted by molar-refractivity contribution is 5.21. The van der Waals surface area contributed by atoms with Gasteiger partial charge in [-0.15, -0.1) is 0 Å². The molecule has 2 aromatic rings. The average Bonchev–Trinajstić information content (AvgIpc) is 2.83.